The highest BCUT2D eigenvalue weighted by Gasteiger charge is 2.22. The summed E-state index contributed by atoms with van der Waals surface area (Å²) in [7, 11) is -1.12. The highest BCUT2D eigenvalue weighted by Crippen LogP contribution is 2.33. The number of hydrogen-bond acceptors (Lipinski definition) is 2. The Morgan fingerprint density at radius 3 is 2.76 bits per heavy atom. The second-order valence-electron chi connectivity index (χ2n) is 4.23. The molecule has 92 valence electrons. The number of halogens is 1. The van der Waals surface area contributed by atoms with Gasteiger partial charge in [-0.1, -0.05) is 24.4 Å². The van der Waals surface area contributed by atoms with Gasteiger partial charge in [-0.3, -0.25) is 4.21 Å². The van der Waals surface area contributed by atoms with E-state index in [4.69, 9.17) is 16.7 Å². The van der Waals surface area contributed by atoms with E-state index < -0.39 is 16.8 Å². The molecule has 2 rings (SSSR count). The van der Waals surface area contributed by atoms with Crippen LogP contribution in [0.1, 0.15) is 29.6 Å². The number of carbonyl (C=O) groups is 1. The first-order valence-corrected chi connectivity index (χ1v) is 7.19. The average Bonchev–Trinajstić information content (AvgIpc) is 3.10. The summed E-state index contributed by atoms with van der Waals surface area (Å²) in [4.78, 5) is 11.4. The highest BCUT2D eigenvalue weighted by atomic mass is 35.5. The Morgan fingerprint density at radius 1 is 1.47 bits per heavy atom. The van der Waals surface area contributed by atoms with Gasteiger partial charge in [0.2, 0.25) is 0 Å². The Labute approximate surface area is 107 Å². The van der Waals surface area contributed by atoms with Gasteiger partial charge >= 0.3 is 5.97 Å². The third-order valence-electron chi connectivity index (χ3n) is 2.84. The van der Waals surface area contributed by atoms with E-state index >= 15 is 0 Å². The summed E-state index contributed by atoms with van der Waals surface area (Å²) in [6.07, 6.45) is 3.42. The summed E-state index contributed by atoms with van der Waals surface area (Å²) in [5, 5.41) is 9.10. The molecule has 17 heavy (non-hydrogen) atoms. The lowest BCUT2D eigenvalue weighted by Gasteiger charge is -2.04. The molecule has 0 spiro atoms. The molecular formula is C12H13ClO3S. The van der Waals surface area contributed by atoms with Gasteiger partial charge in [0.1, 0.15) is 0 Å². The van der Waals surface area contributed by atoms with Crippen molar-refractivity contribution in [1.29, 1.82) is 0 Å². The Hall–Kier alpha value is -0.870. The van der Waals surface area contributed by atoms with Crippen LogP contribution in [0.15, 0.2) is 23.1 Å². The van der Waals surface area contributed by atoms with E-state index in [1.807, 2.05) is 0 Å². The van der Waals surface area contributed by atoms with Gasteiger partial charge in [0.05, 0.1) is 21.4 Å². The normalized spacial score (nSPS) is 16.8. The number of rotatable bonds is 5. The van der Waals surface area contributed by atoms with Gasteiger partial charge in [0, 0.05) is 10.6 Å². The number of aromatic carboxylic acids is 1. The summed E-state index contributed by atoms with van der Waals surface area (Å²) >= 11 is 5.75. The molecule has 1 N–H and O–H groups in total. The standard InChI is InChI=1S/C12H13ClO3S/c13-11-4-3-9(7-10(11)12(14)15)17(16)6-5-8-1-2-8/h3-4,7-8H,1-2,5-6H2,(H,14,15). The molecule has 1 atom stereocenters. The summed E-state index contributed by atoms with van der Waals surface area (Å²) in [6.45, 7) is 0. The van der Waals surface area contributed by atoms with Crippen LogP contribution in [-0.2, 0) is 10.8 Å². The Bertz CT molecular complexity index is 469. The smallest absolute Gasteiger partial charge is 0.337 e. The molecule has 1 aliphatic carbocycles. The number of hydrogen-bond donors (Lipinski definition) is 1. The van der Waals surface area contributed by atoms with Crippen LogP contribution in [0.5, 0.6) is 0 Å². The zero-order chi connectivity index (χ0) is 12.4. The van der Waals surface area contributed by atoms with Crippen molar-refractivity contribution in [2.75, 3.05) is 5.75 Å². The predicted molar refractivity (Wildman–Crippen MR) is 67.0 cm³/mol. The molecule has 1 fully saturated rings. The largest absolute Gasteiger partial charge is 0.478 e. The van der Waals surface area contributed by atoms with Gasteiger partial charge in [-0.05, 0) is 30.5 Å². The minimum atomic E-state index is -1.12. The zero-order valence-corrected chi connectivity index (χ0v) is 10.8. The van der Waals surface area contributed by atoms with Crippen LogP contribution < -0.4 is 0 Å². The second kappa shape index (κ2) is 5.19. The van der Waals surface area contributed by atoms with Crippen molar-refractivity contribution in [3.05, 3.63) is 28.8 Å². The minimum absolute atomic E-state index is 0.0175. The fourth-order valence-electron chi connectivity index (χ4n) is 1.61. The van der Waals surface area contributed by atoms with Crippen LogP contribution in [-0.4, -0.2) is 21.0 Å². The molecule has 1 aromatic rings. The lowest BCUT2D eigenvalue weighted by Crippen LogP contribution is -2.03. The highest BCUT2D eigenvalue weighted by molar-refractivity contribution is 7.85. The van der Waals surface area contributed by atoms with Crippen molar-refractivity contribution < 1.29 is 14.1 Å². The molecule has 5 heteroatoms. The zero-order valence-electron chi connectivity index (χ0n) is 9.19. The molecule has 0 amide bonds. The Morgan fingerprint density at radius 2 is 2.18 bits per heavy atom. The van der Waals surface area contributed by atoms with E-state index in [-0.39, 0.29) is 10.6 Å². The molecule has 1 aliphatic rings. The molecule has 0 aromatic heterocycles. The van der Waals surface area contributed by atoms with Gasteiger partial charge in [-0.15, -0.1) is 0 Å². The van der Waals surface area contributed by atoms with E-state index in [1.54, 1.807) is 6.07 Å². The molecule has 3 nitrogen and oxygen atoms in total. The molecule has 0 bridgehead atoms. The molecule has 0 radical (unpaired) electrons. The maximum Gasteiger partial charge on any atom is 0.337 e. The first-order valence-electron chi connectivity index (χ1n) is 5.49. The summed E-state index contributed by atoms with van der Waals surface area (Å²) in [5.74, 6) is 0.243. The van der Waals surface area contributed by atoms with Gasteiger partial charge in [-0.25, -0.2) is 4.79 Å². The van der Waals surface area contributed by atoms with E-state index in [0.29, 0.717) is 10.6 Å². The van der Waals surface area contributed by atoms with Crippen molar-refractivity contribution in [1.82, 2.24) is 0 Å². The van der Waals surface area contributed by atoms with Crippen molar-refractivity contribution in [2.24, 2.45) is 5.92 Å². The summed E-state index contributed by atoms with van der Waals surface area (Å²) in [6, 6.07) is 4.54. The van der Waals surface area contributed by atoms with Crippen LogP contribution in [0.25, 0.3) is 0 Å². The monoisotopic (exact) mass is 272 g/mol. The molecule has 0 heterocycles. The van der Waals surface area contributed by atoms with Gasteiger partial charge < -0.3 is 5.11 Å². The Kier molecular flexibility index (Phi) is 3.84. The second-order valence-corrected chi connectivity index (χ2v) is 6.21. The average molecular weight is 273 g/mol. The van der Waals surface area contributed by atoms with Gasteiger partial charge in [0.25, 0.3) is 0 Å². The van der Waals surface area contributed by atoms with Gasteiger partial charge in [-0.2, -0.15) is 0 Å². The lowest BCUT2D eigenvalue weighted by atomic mass is 10.2. The summed E-state index contributed by atoms with van der Waals surface area (Å²) in [5.41, 5.74) is 0.0175. The van der Waals surface area contributed by atoms with E-state index in [1.165, 1.54) is 25.0 Å². The van der Waals surface area contributed by atoms with Crippen LogP contribution in [0.4, 0.5) is 0 Å². The minimum Gasteiger partial charge on any atom is -0.478 e. The van der Waals surface area contributed by atoms with Gasteiger partial charge in [0.15, 0.2) is 0 Å². The first kappa shape index (κ1) is 12.6. The predicted octanol–water partition coefficient (Wildman–Crippen LogP) is 2.95. The lowest BCUT2D eigenvalue weighted by molar-refractivity contribution is 0.0697. The maximum absolute atomic E-state index is 11.9. The number of carboxylic acids is 1. The van der Waals surface area contributed by atoms with Crippen molar-refractivity contribution in [3.8, 4) is 0 Å². The van der Waals surface area contributed by atoms with Crippen molar-refractivity contribution >= 4 is 28.4 Å². The van der Waals surface area contributed by atoms with E-state index in [9.17, 15) is 9.00 Å². The quantitative estimate of drug-likeness (QED) is 0.897. The molecule has 0 saturated heterocycles. The van der Waals surface area contributed by atoms with Crippen molar-refractivity contribution in [2.45, 2.75) is 24.2 Å². The fourth-order valence-corrected chi connectivity index (χ4v) is 3.06. The number of benzene rings is 1. The van der Waals surface area contributed by atoms with E-state index in [0.717, 1.165) is 12.3 Å². The van der Waals surface area contributed by atoms with Crippen LogP contribution in [0, 0.1) is 5.92 Å². The molecule has 0 aliphatic heterocycles. The number of carboxylic acid groups (broad SMARTS) is 1. The molecular weight excluding hydrogens is 260 g/mol. The Balaban J connectivity index is 2.11. The molecule has 1 saturated carbocycles. The molecule has 1 aromatic carbocycles. The fraction of sp³-hybridized carbons (Fsp3) is 0.417. The van der Waals surface area contributed by atoms with Crippen molar-refractivity contribution in [3.63, 3.8) is 0 Å². The molecule has 1 unspecified atom stereocenters. The first-order chi connectivity index (χ1) is 8.08. The SMILES string of the molecule is O=C(O)c1cc(S(=O)CCC2CC2)ccc1Cl. The topological polar surface area (TPSA) is 54.4 Å². The third kappa shape index (κ3) is 3.30. The van der Waals surface area contributed by atoms with E-state index in [2.05, 4.69) is 0 Å². The van der Waals surface area contributed by atoms with Crippen LogP contribution in [0.2, 0.25) is 5.02 Å². The summed E-state index contributed by atoms with van der Waals surface area (Å²) < 4.78 is 11.9. The third-order valence-corrected chi connectivity index (χ3v) is 4.56. The van der Waals surface area contributed by atoms with Crippen LogP contribution in [0.3, 0.4) is 0 Å². The maximum atomic E-state index is 11.9. The van der Waals surface area contributed by atoms with Crippen LogP contribution >= 0.6 is 11.6 Å².